The van der Waals surface area contributed by atoms with Gasteiger partial charge >= 0.3 is 29.8 Å². The van der Waals surface area contributed by atoms with Crippen LogP contribution < -0.4 is 0 Å². The van der Waals surface area contributed by atoms with E-state index >= 15 is 0 Å². The van der Waals surface area contributed by atoms with E-state index in [1.165, 1.54) is 578 Å². The number of hydrogen-bond donors (Lipinski definition) is 12. The van der Waals surface area contributed by atoms with Gasteiger partial charge in [-0.2, -0.15) is 0 Å². The molecule has 882 valence electrons. The topological polar surface area (TPSA) is 328 Å². The fourth-order valence-electron chi connectivity index (χ4n) is 20.7. The number of aliphatic hydroxyl groups excluding tert-OH is 7. The molecular weight excluding hydrogens is 1830 g/mol. The molecule has 0 aromatic carbocycles. The highest BCUT2D eigenvalue weighted by Crippen LogP contribution is 2.26. The number of rotatable bonds is 122. The summed E-state index contributed by atoms with van der Waals surface area (Å²) in [6, 6.07) is 0. The summed E-state index contributed by atoms with van der Waals surface area (Å²) < 4.78 is 0. The Balaban J connectivity index is -0.000000572. The van der Waals surface area contributed by atoms with Crippen LogP contribution in [0.25, 0.3) is 0 Å². The normalized spacial score (nSPS) is 12.3. The number of carboxylic acids is 5. The zero-order valence-corrected chi connectivity index (χ0v) is 98.5. The van der Waals surface area contributed by atoms with Gasteiger partial charge in [0.1, 0.15) is 0 Å². The maximum absolute atomic E-state index is 11.1. The first kappa shape index (κ1) is 152. The van der Waals surface area contributed by atoms with Crippen LogP contribution in [0, 0.1) is 17.8 Å². The van der Waals surface area contributed by atoms with Crippen LogP contribution in [0.1, 0.15) is 740 Å². The number of aliphatic hydroxyl groups is 7. The van der Waals surface area contributed by atoms with Crippen molar-refractivity contribution in [2.45, 2.75) is 752 Å². The van der Waals surface area contributed by atoms with Crippen molar-refractivity contribution in [2.24, 2.45) is 17.8 Å². The van der Waals surface area contributed by atoms with Crippen LogP contribution in [-0.4, -0.2) is 136 Å². The number of carbonyl (C=O) groups is 5. The molecule has 0 radical (unpaired) electrons. The molecule has 0 spiro atoms. The van der Waals surface area contributed by atoms with Gasteiger partial charge in [0, 0.05) is 39.5 Å². The molecule has 0 amide bonds. The lowest BCUT2D eigenvalue weighted by Gasteiger charge is -2.10. The third kappa shape index (κ3) is 147. The standard InChI is InChI=1S/C28H56O3.C27H54O3.C26H52O4.C25H50O3.C24H48O4/c1-2-24-27(28(30)31)25-22-20-18-16-14-12-10-8-6-4-3-5-7-9-11-13-15-17-19-21-23-26-29;1-26(23-19-20-24-27(29)30)22-18-16-14-12-10-8-6-4-2-3-5-7-9-11-13-15-17-21-25-28;27-24-22-20-18-16-14-12-10-8-6-4-2-1-3-5-7-9-11-13-15-17-19-21-23-25(28)26(29)30;1-24(25(27)28)22-20-18-16-14-12-10-8-6-4-2-3-5-7-9-11-13-15-17-19-21-23-26;25-22-20-18-16-14-12-10-8-6-4-2-1-3-5-7-9-11-13-15-17-19-21-23(26)24(27)28/h27,29H,2-26H2,1H3,(H,30,31);26,28H,2-25H2,1H3,(H,29,30);25,27-28H,1-24H2,(H,29,30);24,26H,2-23H2,1H3,(H,27,28);23,25-26H,1-22H2,(H,27,28). The molecule has 5 unspecified atom stereocenters. The van der Waals surface area contributed by atoms with Crippen molar-refractivity contribution in [3.63, 3.8) is 0 Å². The fraction of sp³-hybridized carbons (Fsp3) is 0.962. The smallest absolute Gasteiger partial charge is 0.332 e. The van der Waals surface area contributed by atoms with Gasteiger partial charge in [-0.1, -0.05) is 663 Å². The molecular formula is C130H260O17. The Morgan fingerprint density at radius 1 is 0.156 bits per heavy atom. The summed E-state index contributed by atoms with van der Waals surface area (Å²) >= 11 is 0. The molecule has 0 aliphatic rings. The second-order valence-corrected chi connectivity index (χ2v) is 45.8. The van der Waals surface area contributed by atoms with Gasteiger partial charge < -0.3 is 61.3 Å². The lowest BCUT2D eigenvalue weighted by molar-refractivity contribution is -0.147. The lowest BCUT2D eigenvalue weighted by atomic mass is 9.96. The zero-order chi connectivity index (χ0) is 109. The molecule has 0 aromatic heterocycles. The van der Waals surface area contributed by atoms with E-state index in [0.717, 1.165) is 128 Å². The molecule has 0 heterocycles. The summed E-state index contributed by atoms with van der Waals surface area (Å²) in [6.07, 6.45) is 140. The Kier molecular flexibility index (Phi) is 144. The van der Waals surface area contributed by atoms with Crippen LogP contribution in [0.2, 0.25) is 0 Å². The predicted molar refractivity (Wildman–Crippen MR) is 630 cm³/mol. The van der Waals surface area contributed by atoms with Crippen molar-refractivity contribution in [1.82, 2.24) is 0 Å². The number of aliphatic carboxylic acids is 5. The first-order valence-electron chi connectivity index (χ1n) is 65.5. The summed E-state index contributed by atoms with van der Waals surface area (Å²) in [4.78, 5) is 53.3. The molecule has 0 saturated heterocycles. The van der Waals surface area contributed by atoms with Crippen LogP contribution in [0.4, 0.5) is 0 Å². The first-order valence-corrected chi connectivity index (χ1v) is 65.5. The average Bonchev–Trinajstić information content (AvgIpc) is 0.974. The second-order valence-electron chi connectivity index (χ2n) is 45.8. The molecule has 0 fully saturated rings. The maximum Gasteiger partial charge on any atom is 0.332 e. The molecule has 5 atom stereocenters. The quantitative estimate of drug-likeness (QED) is 0.0252. The van der Waals surface area contributed by atoms with Gasteiger partial charge in [0.15, 0.2) is 12.2 Å². The third-order valence-electron chi connectivity index (χ3n) is 30.9. The fourth-order valence-corrected chi connectivity index (χ4v) is 20.7. The summed E-state index contributed by atoms with van der Waals surface area (Å²) in [5.41, 5.74) is 0. The van der Waals surface area contributed by atoms with E-state index in [9.17, 15) is 39.3 Å². The summed E-state index contributed by atoms with van der Waals surface area (Å²) in [7, 11) is 0. The second kappa shape index (κ2) is 139. The van der Waals surface area contributed by atoms with E-state index in [-0.39, 0.29) is 11.8 Å². The minimum Gasteiger partial charge on any atom is -0.481 e. The van der Waals surface area contributed by atoms with Gasteiger partial charge in [0.05, 0.1) is 11.8 Å². The Morgan fingerprint density at radius 3 is 0.429 bits per heavy atom. The maximum atomic E-state index is 11.1. The monoisotopic (exact) mass is 2090 g/mol. The predicted octanol–water partition coefficient (Wildman–Crippen LogP) is 39.6. The Morgan fingerprint density at radius 2 is 0.293 bits per heavy atom. The van der Waals surface area contributed by atoms with Crippen LogP contribution in [0.5, 0.6) is 0 Å². The Bertz CT molecular complexity index is 2370. The van der Waals surface area contributed by atoms with E-state index in [1.807, 2.05) is 6.92 Å². The van der Waals surface area contributed by atoms with E-state index in [4.69, 9.17) is 46.0 Å². The third-order valence-corrected chi connectivity index (χ3v) is 30.9. The highest BCUT2D eigenvalue weighted by molar-refractivity contribution is 5.72. The van der Waals surface area contributed by atoms with Crippen molar-refractivity contribution < 1.29 is 85.3 Å². The molecule has 0 rings (SSSR count). The van der Waals surface area contributed by atoms with Crippen molar-refractivity contribution in [3.05, 3.63) is 0 Å². The lowest BCUT2D eigenvalue weighted by Crippen LogP contribution is -2.18. The average molecular weight is 2100 g/mol. The van der Waals surface area contributed by atoms with Crippen molar-refractivity contribution in [3.8, 4) is 0 Å². The van der Waals surface area contributed by atoms with Crippen molar-refractivity contribution in [1.29, 1.82) is 0 Å². The highest BCUT2D eigenvalue weighted by atomic mass is 16.4. The molecule has 0 aliphatic carbocycles. The van der Waals surface area contributed by atoms with Crippen molar-refractivity contribution >= 4 is 29.8 Å². The molecule has 0 aliphatic heterocycles. The number of carboxylic acid groups (broad SMARTS) is 5. The first-order chi connectivity index (χ1) is 71.9. The van der Waals surface area contributed by atoms with E-state index in [2.05, 4.69) is 13.8 Å². The van der Waals surface area contributed by atoms with Gasteiger partial charge in [-0.15, -0.1) is 0 Å². The van der Waals surface area contributed by atoms with E-state index < -0.39 is 42.1 Å². The summed E-state index contributed by atoms with van der Waals surface area (Å²) in [6.45, 7) is 7.99. The summed E-state index contributed by atoms with van der Waals surface area (Å²) in [5, 5.41) is 106. The molecule has 12 N–H and O–H groups in total. The van der Waals surface area contributed by atoms with E-state index in [1.54, 1.807) is 0 Å². The Hall–Kier alpha value is -2.93. The largest absolute Gasteiger partial charge is 0.481 e. The molecule has 0 bridgehead atoms. The molecule has 17 nitrogen and oxygen atoms in total. The Labute approximate surface area is 912 Å². The van der Waals surface area contributed by atoms with Gasteiger partial charge in [0.2, 0.25) is 0 Å². The number of hydrogen-bond acceptors (Lipinski definition) is 12. The van der Waals surface area contributed by atoms with Crippen LogP contribution in [0.15, 0.2) is 0 Å². The zero-order valence-electron chi connectivity index (χ0n) is 98.5. The van der Waals surface area contributed by atoms with Crippen LogP contribution >= 0.6 is 0 Å². The summed E-state index contributed by atoms with van der Waals surface area (Å²) in [5.74, 6) is -3.62. The van der Waals surface area contributed by atoms with Crippen LogP contribution in [-0.2, 0) is 24.0 Å². The van der Waals surface area contributed by atoms with Gasteiger partial charge in [0.25, 0.3) is 0 Å². The molecule has 17 heteroatoms. The number of unbranched alkanes of at least 4 members (excludes halogenated alkanes) is 97. The SMILES string of the molecule is CC(CCCCCCCCCCCCCCCCCCCCCCO)C(=O)O.CC(CCCCCCCCCCCCCCCCCCCCO)CCCCC(=O)O.CCCC(CCCCCCCCCCCCCCCCCCCCCCCO)C(=O)O.O=C(O)C(O)CCCCCCCCCCCCCCCCCCCCCCCCO.O=C(O)C(O)CCCCCCCCCCCCCCCCCCCCCCO. The van der Waals surface area contributed by atoms with Crippen molar-refractivity contribution in [2.75, 3.05) is 33.0 Å². The molecule has 147 heavy (non-hydrogen) atoms. The van der Waals surface area contributed by atoms with E-state index in [0.29, 0.717) is 52.3 Å². The minimum atomic E-state index is -1.17. The van der Waals surface area contributed by atoms with Crippen LogP contribution in [0.3, 0.4) is 0 Å². The van der Waals surface area contributed by atoms with Gasteiger partial charge in [-0.3, -0.25) is 14.4 Å². The molecule has 0 saturated carbocycles. The molecule has 0 aromatic rings. The highest BCUT2D eigenvalue weighted by Gasteiger charge is 2.17. The minimum absolute atomic E-state index is 0.108. The van der Waals surface area contributed by atoms with Gasteiger partial charge in [-0.05, 0) is 76.5 Å². The van der Waals surface area contributed by atoms with Gasteiger partial charge in [-0.25, -0.2) is 9.59 Å².